The Morgan fingerprint density at radius 3 is 2.52 bits per heavy atom. The molecule has 0 saturated heterocycles. The lowest BCUT2D eigenvalue weighted by Gasteiger charge is -2.18. The second-order valence-corrected chi connectivity index (χ2v) is 5.90. The number of pyridine rings is 1. The van der Waals surface area contributed by atoms with Crippen LogP contribution >= 0.6 is 0 Å². The van der Waals surface area contributed by atoms with Gasteiger partial charge in [-0.15, -0.1) is 0 Å². The summed E-state index contributed by atoms with van der Waals surface area (Å²) in [5, 5.41) is 10.3. The Balaban J connectivity index is 1.72. The molecule has 0 fully saturated rings. The molecule has 27 heavy (non-hydrogen) atoms. The fraction of sp³-hybridized carbons (Fsp3) is 0.158. The summed E-state index contributed by atoms with van der Waals surface area (Å²) < 4.78 is 43.2. The number of rotatable bonds is 3. The Morgan fingerprint density at radius 2 is 1.85 bits per heavy atom. The molecular formula is C19H15F3N2O3. The van der Waals surface area contributed by atoms with Crippen molar-refractivity contribution in [3.05, 3.63) is 65.9 Å². The molecule has 140 valence electrons. The number of phenols is 1. The van der Waals surface area contributed by atoms with Gasteiger partial charge in [-0.3, -0.25) is 4.98 Å². The van der Waals surface area contributed by atoms with E-state index in [1.807, 2.05) is 0 Å². The van der Waals surface area contributed by atoms with Crippen LogP contribution < -0.4 is 4.74 Å². The molecule has 5 nitrogen and oxygen atoms in total. The number of aromatic nitrogens is 1. The van der Waals surface area contributed by atoms with Crippen molar-refractivity contribution in [1.29, 1.82) is 0 Å². The smallest absolute Gasteiger partial charge is 0.416 e. The van der Waals surface area contributed by atoms with Crippen LogP contribution in [-0.4, -0.2) is 28.1 Å². The highest BCUT2D eigenvalue weighted by molar-refractivity contribution is 5.91. The molecule has 0 atom stereocenters. The Labute approximate surface area is 152 Å². The van der Waals surface area contributed by atoms with Crippen LogP contribution in [-0.2, 0) is 12.7 Å². The molecule has 0 aliphatic rings. The maximum absolute atomic E-state index is 12.6. The van der Waals surface area contributed by atoms with E-state index in [-0.39, 0.29) is 18.0 Å². The van der Waals surface area contributed by atoms with Crippen molar-refractivity contribution in [3.8, 4) is 11.5 Å². The third kappa shape index (κ3) is 4.11. The van der Waals surface area contributed by atoms with Gasteiger partial charge in [0.25, 0.3) is 0 Å². The van der Waals surface area contributed by atoms with E-state index in [1.54, 1.807) is 12.1 Å². The van der Waals surface area contributed by atoms with Crippen LogP contribution in [0.4, 0.5) is 18.0 Å². The number of alkyl halides is 3. The van der Waals surface area contributed by atoms with Crippen molar-refractivity contribution in [3.63, 3.8) is 0 Å². The van der Waals surface area contributed by atoms with E-state index in [2.05, 4.69) is 4.98 Å². The second-order valence-electron chi connectivity index (χ2n) is 5.90. The van der Waals surface area contributed by atoms with E-state index in [0.717, 1.165) is 12.1 Å². The average Bonchev–Trinajstić information content (AvgIpc) is 2.64. The lowest BCUT2D eigenvalue weighted by molar-refractivity contribution is -0.137. The normalized spacial score (nSPS) is 11.4. The fourth-order valence-electron chi connectivity index (χ4n) is 2.53. The Kier molecular flexibility index (Phi) is 4.89. The minimum atomic E-state index is -4.41. The molecule has 0 bridgehead atoms. The third-order valence-electron chi connectivity index (χ3n) is 3.92. The number of carbonyl (C=O) groups is 1. The minimum absolute atomic E-state index is 0.0384. The molecule has 1 aromatic heterocycles. The molecule has 0 unspecified atom stereocenters. The zero-order valence-corrected chi connectivity index (χ0v) is 14.2. The highest BCUT2D eigenvalue weighted by Crippen LogP contribution is 2.31. The maximum atomic E-state index is 12.6. The van der Waals surface area contributed by atoms with E-state index >= 15 is 0 Å². The Morgan fingerprint density at radius 1 is 1.15 bits per heavy atom. The van der Waals surface area contributed by atoms with E-state index in [0.29, 0.717) is 16.5 Å². The van der Waals surface area contributed by atoms with E-state index in [4.69, 9.17) is 4.74 Å². The fourth-order valence-corrected chi connectivity index (χ4v) is 2.53. The molecule has 0 aliphatic carbocycles. The second kappa shape index (κ2) is 7.14. The number of benzene rings is 2. The summed E-state index contributed by atoms with van der Waals surface area (Å²) in [4.78, 5) is 17.6. The van der Waals surface area contributed by atoms with Gasteiger partial charge in [-0.25, -0.2) is 4.79 Å². The summed E-state index contributed by atoms with van der Waals surface area (Å²) in [6, 6.07) is 10.7. The van der Waals surface area contributed by atoms with Gasteiger partial charge in [0.2, 0.25) is 0 Å². The number of ether oxygens (including phenoxy) is 1. The summed E-state index contributed by atoms with van der Waals surface area (Å²) in [6.07, 6.45) is -3.59. The summed E-state index contributed by atoms with van der Waals surface area (Å²) in [5.41, 5.74) is 0.0763. The molecule has 0 aliphatic heterocycles. The van der Waals surface area contributed by atoms with Gasteiger partial charge in [0.15, 0.2) is 0 Å². The molecule has 1 heterocycles. The van der Waals surface area contributed by atoms with Crippen LogP contribution in [0.5, 0.6) is 11.5 Å². The van der Waals surface area contributed by atoms with Gasteiger partial charge < -0.3 is 14.7 Å². The van der Waals surface area contributed by atoms with Crippen molar-refractivity contribution in [1.82, 2.24) is 9.88 Å². The summed E-state index contributed by atoms with van der Waals surface area (Å²) in [6.45, 7) is 0.0746. The van der Waals surface area contributed by atoms with Gasteiger partial charge in [0.1, 0.15) is 17.0 Å². The number of hydrogen-bond acceptors (Lipinski definition) is 4. The Hall–Kier alpha value is -3.29. The highest BCUT2D eigenvalue weighted by Gasteiger charge is 2.30. The number of hydrogen-bond donors (Lipinski definition) is 1. The number of phenolic OH excluding ortho intramolecular Hbond substituents is 1. The van der Waals surface area contributed by atoms with Crippen molar-refractivity contribution in [2.75, 3.05) is 7.05 Å². The van der Waals surface area contributed by atoms with Crippen molar-refractivity contribution >= 4 is 17.0 Å². The van der Waals surface area contributed by atoms with Crippen LogP contribution in [0.1, 0.15) is 11.1 Å². The van der Waals surface area contributed by atoms with Crippen molar-refractivity contribution < 1.29 is 27.8 Å². The molecule has 3 aromatic rings. The molecule has 1 N–H and O–H groups in total. The van der Waals surface area contributed by atoms with E-state index in [9.17, 15) is 23.1 Å². The maximum Gasteiger partial charge on any atom is 0.416 e. The minimum Gasteiger partial charge on any atom is -0.506 e. The number of fused-ring (bicyclic) bond motifs is 1. The topological polar surface area (TPSA) is 62.7 Å². The zero-order chi connectivity index (χ0) is 19.6. The SMILES string of the molecule is CN(Cc1ccc(C(F)(F)F)cc1)C(=O)Oc1ccc(O)c2ncccc12. The molecule has 1 amide bonds. The van der Waals surface area contributed by atoms with Crippen LogP contribution in [0.15, 0.2) is 54.7 Å². The number of halogens is 3. The first kappa shape index (κ1) is 18.5. The quantitative estimate of drug-likeness (QED) is 0.726. The number of nitrogens with zero attached hydrogens (tertiary/aromatic N) is 2. The largest absolute Gasteiger partial charge is 0.506 e. The van der Waals surface area contributed by atoms with E-state index < -0.39 is 17.8 Å². The molecule has 0 saturated carbocycles. The summed E-state index contributed by atoms with van der Waals surface area (Å²) >= 11 is 0. The lowest BCUT2D eigenvalue weighted by atomic mass is 10.1. The van der Waals surface area contributed by atoms with Gasteiger partial charge in [-0.2, -0.15) is 13.2 Å². The van der Waals surface area contributed by atoms with Gasteiger partial charge in [0.05, 0.1) is 5.56 Å². The standard InChI is InChI=1S/C19H15F3N2O3/c1-24(11-12-4-6-13(7-5-12)19(20,21)22)18(26)27-16-9-8-15(25)17-14(16)3-2-10-23-17/h2-10,25H,11H2,1H3. The zero-order valence-electron chi connectivity index (χ0n) is 14.2. The number of amides is 1. The van der Waals surface area contributed by atoms with Crippen molar-refractivity contribution in [2.45, 2.75) is 12.7 Å². The van der Waals surface area contributed by atoms with Gasteiger partial charge in [0, 0.05) is 25.2 Å². The van der Waals surface area contributed by atoms with Crippen LogP contribution in [0.3, 0.4) is 0 Å². The molecule has 0 spiro atoms. The van der Waals surface area contributed by atoms with Crippen LogP contribution in [0, 0.1) is 0 Å². The van der Waals surface area contributed by atoms with Gasteiger partial charge in [-0.05, 0) is 42.0 Å². The van der Waals surface area contributed by atoms with Gasteiger partial charge in [-0.1, -0.05) is 12.1 Å². The summed E-state index contributed by atoms with van der Waals surface area (Å²) in [5.74, 6) is 0.184. The van der Waals surface area contributed by atoms with Crippen LogP contribution in [0.25, 0.3) is 10.9 Å². The molecule has 0 radical (unpaired) electrons. The lowest BCUT2D eigenvalue weighted by Crippen LogP contribution is -2.29. The van der Waals surface area contributed by atoms with Crippen molar-refractivity contribution in [2.24, 2.45) is 0 Å². The first-order valence-corrected chi connectivity index (χ1v) is 7.91. The molecule has 3 rings (SSSR count). The predicted molar refractivity (Wildman–Crippen MR) is 92.3 cm³/mol. The molecule has 2 aromatic carbocycles. The first-order valence-electron chi connectivity index (χ1n) is 7.91. The molecular weight excluding hydrogens is 361 g/mol. The third-order valence-corrected chi connectivity index (χ3v) is 3.92. The average molecular weight is 376 g/mol. The Bertz CT molecular complexity index is 972. The number of carbonyl (C=O) groups excluding carboxylic acids is 1. The number of aromatic hydroxyl groups is 1. The molecule has 8 heteroatoms. The van der Waals surface area contributed by atoms with Gasteiger partial charge >= 0.3 is 12.3 Å². The first-order chi connectivity index (χ1) is 12.8. The van der Waals surface area contributed by atoms with Crippen LogP contribution in [0.2, 0.25) is 0 Å². The monoisotopic (exact) mass is 376 g/mol. The summed E-state index contributed by atoms with van der Waals surface area (Å²) in [7, 11) is 1.47. The highest BCUT2D eigenvalue weighted by atomic mass is 19.4. The predicted octanol–water partition coefficient (Wildman–Crippen LogP) is 4.59. The van der Waals surface area contributed by atoms with E-state index in [1.165, 1.54) is 42.4 Å².